The van der Waals surface area contributed by atoms with E-state index in [1.165, 1.54) is 11.1 Å². The lowest BCUT2D eigenvalue weighted by Crippen LogP contribution is -1.98. The van der Waals surface area contributed by atoms with Crippen molar-refractivity contribution < 1.29 is 19.8 Å². The average molecular weight is 599 g/mol. The highest BCUT2D eigenvalue weighted by atomic mass is 28.1. The van der Waals surface area contributed by atoms with Crippen LogP contribution >= 0.6 is 0 Å². The Morgan fingerprint density at radius 1 is 0.628 bits per heavy atom. The Bertz CT molecular complexity index is 1860. The highest BCUT2D eigenvalue weighted by molar-refractivity contribution is 5.95. The maximum Gasteiger partial charge on any atom is 0.303 e. The van der Waals surface area contributed by atoms with Gasteiger partial charge in [-0.05, 0) is 133 Å². The van der Waals surface area contributed by atoms with E-state index in [1.54, 1.807) is 0 Å². The molecular weight excluding hydrogens is 556 g/mol. The highest BCUT2D eigenvalue weighted by Crippen LogP contribution is 2.36. The molecule has 226 valence electrons. The monoisotopic (exact) mass is 598 g/mol. The van der Waals surface area contributed by atoms with Crippen molar-refractivity contribution in [3.8, 4) is 0 Å². The summed E-state index contributed by atoms with van der Waals surface area (Å²) in [6.07, 6.45) is 2.39. The molecule has 9 heteroatoms. The van der Waals surface area contributed by atoms with E-state index in [0.717, 1.165) is 85.4 Å². The molecule has 5 heterocycles. The van der Waals surface area contributed by atoms with E-state index in [4.69, 9.17) is 9.97 Å². The minimum Gasteiger partial charge on any atom is -0.481 e. The number of hydrogen-bond donors (Lipinski definition) is 4. The van der Waals surface area contributed by atoms with Crippen LogP contribution in [0.2, 0.25) is 0 Å². The van der Waals surface area contributed by atoms with Gasteiger partial charge in [0, 0.05) is 34.9 Å². The van der Waals surface area contributed by atoms with E-state index in [0.29, 0.717) is 18.5 Å². The molecule has 0 saturated carbocycles. The fraction of sp³-hybridized carbons (Fsp3) is 0.353. The van der Waals surface area contributed by atoms with Gasteiger partial charge in [0.2, 0.25) is 0 Å². The van der Waals surface area contributed by atoms with Gasteiger partial charge in [-0.15, -0.1) is 0 Å². The lowest BCUT2D eigenvalue weighted by Gasteiger charge is -2.03. The number of carbonyl (C=O) groups is 2. The lowest BCUT2D eigenvalue weighted by molar-refractivity contribution is -0.137. The Balaban J connectivity index is 0.00000423. The van der Waals surface area contributed by atoms with Gasteiger partial charge in [-0.3, -0.25) is 9.59 Å². The van der Waals surface area contributed by atoms with Crippen LogP contribution in [-0.2, 0) is 22.4 Å². The fourth-order valence-electron chi connectivity index (χ4n) is 6.22. The molecule has 2 aliphatic heterocycles. The van der Waals surface area contributed by atoms with Crippen LogP contribution in [0.4, 0.5) is 0 Å². The average Bonchev–Trinajstić information content (AvgIpc) is 3.59. The number of rotatable bonds is 8. The van der Waals surface area contributed by atoms with Gasteiger partial charge >= 0.3 is 11.9 Å². The predicted molar refractivity (Wildman–Crippen MR) is 179 cm³/mol. The third kappa shape index (κ3) is 5.99. The van der Waals surface area contributed by atoms with Gasteiger partial charge in [0.1, 0.15) is 0 Å². The smallest absolute Gasteiger partial charge is 0.303 e. The summed E-state index contributed by atoms with van der Waals surface area (Å²) in [4.78, 5) is 40.3. The Morgan fingerprint density at radius 3 is 1.63 bits per heavy atom. The van der Waals surface area contributed by atoms with Crippen LogP contribution in [0.15, 0.2) is 24.3 Å². The third-order valence-electron chi connectivity index (χ3n) is 8.69. The molecule has 0 spiro atoms. The van der Waals surface area contributed by atoms with E-state index >= 15 is 0 Å². The Morgan fingerprint density at radius 2 is 1.07 bits per heavy atom. The van der Waals surface area contributed by atoms with Gasteiger partial charge in [0.25, 0.3) is 0 Å². The molecule has 0 aromatic carbocycles. The first-order valence-electron chi connectivity index (χ1n) is 14.6. The molecule has 3 aromatic heterocycles. The molecule has 8 bridgehead atoms. The molecular formula is C34H42N4O4Si. The molecule has 0 aliphatic carbocycles. The van der Waals surface area contributed by atoms with E-state index < -0.39 is 11.9 Å². The van der Waals surface area contributed by atoms with Crippen LogP contribution in [-0.4, -0.2) is 53.1 Å². The maximum absolute atomic E-state index is 11.5. The molecule has 0 unspecified atom stereocenters. The zero-order valence-electron chi connectivity index (χ0n) is 25.2. The number of hydrogen-bond acceptors (Lipinski definition) is 4. The van der Waals surface area contributed by atoms with E-state index in [-0.39, 0.29) is 23.8 Å². The minimum absolute atomic E-state index is 0. The number of nitrogens with one attached hydrogen (secondary N) is 2. The van der Waals surface area contributed by atoms with Crippen molar-refractivity contribution in [2.24, 2.45) is 0 Å². The summed E-state index contributed by atoms with van der Waals surface area (Å²) < 4.78 is 0. The second-order valence-electron chi connectivity index (χ2n) is 11.2. The third-order valence-corrected chi connectivity index (χ3v) is 8.69. The lowest BCUT2D eigenvalue weighted by atomic mass is 10.00. The second-order valence-corrected chi connectivity index (χ2v) is 11.2. The predicted octanol–water partition coefficient (Wildman–Crippen LogP) is 6.20. The number of allylic oxidation sites excluding steroid dienone is 4. The van der Waals surface area contributed by atoms with Gasteiger partial charge in [0.15, 0.2) is 0 Å². The standard InChI is InChI=1S/C34H38N4O4.H4Si/c1-7-21-17(3)25-13-26-19(5)23(9-11-33(39)40)31(37-26)16-32-24(10-12-34(41)42)20(6)28(38-32)15-30-22(8-2)18(4)27(36-30)14-29(21)35-25;/h13-16,35,38H,7-12H2,1-6H3,(H,39,40)(H,41,42);1H4. The van der Waals surface area contributed by atoms with Crippen LogP contribution in [0.25, 0.3) is 44.4 Å². The molecule has 0 atom stereocenters. The summed E-state index contributed by atoms with van der Waals surface area (Å²) in [5, 5.41) is 18.9. The zero-order chi connectivity index (χ0) is 30.3. The molecule has 43 heavy (non-hydrogen) atoms. The van der Waals surface area contributed by atoms with Crippen molar-refractivity contribution in [3.63, 3.8) is 0 Å². The van der Waals surface area contributed by atoms with Crippen molar-refractivity contribution in [2.45, 2.75) is 80.1 Å². The number of aromatic nitrogens is 4. The van der Waals surface area contributed by atoms with Crippen molar-refractivity contribution in [1.82, 2.24) is 19.9 Å². The van der Waals surface area contributed by atoms with Crippen LogP contribution in [0, 0.1) is 13.8 Å². The zero-order valence-corrected chi connectivity index (χ0v) is 25.2. The van der Waals surface area contributed by atoms with Gasteiger partial charge in [-0.25, -0.2) is 9.97 Å². The molecule has 3 aromatic rings. The first kappa shape index (κ1) is 31.7. The van der Waals surface area contributed by atoms with Crippen molar-refractivity contribution in [2.75, 3.05) is 0 Å². The molecule has 0 amide bonds. The van der Waals surface area contributed by atoms with Gasteiger partial charge in [0.05, 0.1) is 22.8 Å². The van der Waals surface area contributed by atoms with Gasteiger partial charge in [-0.2, -0.15) is 0 Å². The number of nitrogens with zero attached hydrogens (tertiary/aromatic N) is 2. The number of aryl methyl sites for hydroxylation is 4. The van der Waals surface area contributed by atoms with E-state index in [9.17, 15) is 19.8 Å². The summed E-state index contributed by atoms with van der Waals surface area (Å²) in [5.41, 5.74) is 15.4. The van der Waals surface area contributed by atoms with Crippen LogP contribution in [0.1, 0.15) is 98.4 Å². The molecule has 0 saturated heterocycles. The van der Waals surface area contributed by atoms with Gasteiger partial charge in [-0.1, -0.05) is 13.8 Å². The van der Waals surface area contributed by atoms with E-state index in [2.05, 4.69) is 49.8 Å². The molecule has 0 radical (unpaired) electrons. The SMILES string of the molecule is CCC1=C(C)c2cc3[nH]c(cc4nc(cc5[nH]c(cc1n2)c(C)c5CCC(=O)O)C(CCC(=O)O)=C4C)c(C)c3CC.[SiH4]. The summed E-state index contributed by atoms with van der Waals surface area (Å²) >= 11 is 0. The molecule has 5 rings (SSSR count). The second kappa shape index (κ2) is 12.5. The van der Waals surface area contributed by atoms with Crippen LogP contribution < -0.4 is 0 Å². The summed E-state index contributed by atoms with van der Waals surface area (Å²) in [5.74, 6) is -1.72. The normalized spacial score (nSPS) is 13.0. The number of carboxylic acids is 2. The highest BCUT2D eigenvalue weighted by Gasteiger charge is 2.21. The largest absolute Gasteiger partial charge is 0.481 e. The number of carboxylic acid groups (broad SMARTS) is 2. The van der Waals surface area contributed by atoms with Crippen LogP contribution in [0.3, 0.4) is 0 Å². The minimum atomic E-state index is -0.864. The van der Waals surface area contributed by atoms with Crippen molar-refractivity contribution >= 4 is 67.3 Å². The molecule has 4 N–H and O–H groups in total. The number of H-pyrrole nitrogens is 2. The van der Waals surface area contributed by atoms with Crippen LogP contribution in [0.5, 0.6) is 0 Å². The first-order valence-corrected chi connectivity index (χ1v) is 14.6. The van der Waals surface area contributed by atoms with Crippen molar-refractivity contribution in [3.05, 3.63) is 69.3 Å². The quantitative estimate of drug-likeness (QED) is 0.229. The van der Waals surface area contributed by atoms with Gasteiger partial charge < -0.3 is 20.2 Å². The van der Waals surface area contributed by atoms with E-state index in [1.807, 2.05) is 26.0 Å². The Kier molecular flexibility index (Phi) is 9.25. The summed E-state index contributed by atoms with van der Waals surface area (Å²) in [6, 6.07) is 8.19. The number of aliphatic carboxylic acids is 2. The topological polar surface area (TPSA) is 132 Å². The molecule has 8 nitrogen and oxygen atoms in total. The first-order chi connectivity index (χ1) is 20.0. The number of fused-ring (bicyclic) bond motifs is 8. The Labute approximate surface area is 256 Å². The Hall–Kier alpha value is -4.24. The summed E-state index contributed by atoms with van der Waals surface area (Å²) in [6.45, 7) is 12.5. The molecule has 2 aliphatic rings. The van der Waals surface area contributed by atoms with Crippen molar-refractivity contribution in [1.29, 1.82) is 0 Å². The number of aromatic amines is 2. The maximum atomic E-state index is 11.5. The summed E-state index contributed by atoms with van der Waals surface area (Å²) in [7, 11) is 0. The molecule has 0 fully saturated rings. The fourth-order valence-corrected chi connectivity index (χ4v) is 6.22.